The summed E-state index contributed by atoms with van der Waals surface area (Å²) >= 11 is 0. The number of anilines is 1. The predicted molar refractivity (Wildman–Crippen MR) is 99.8 cm³/mol. The van der Waals surface area contributed by atoms with Crippen LogP contribution in [0, 0.1) is 0 Å². The molecule has 1 N–H and O–H groups in total. The molecule has 1 amide bonds. The topological polar surface area (TPSA) is 58.1 Å². The van der Waals surface area contributed by atoms with Crippen LogP contribution in [0.4, 0.5) is 5.95 Å². The Hall–Kier alpha value is -2.43. The number of piperidine rings is 1. The van der Waals surface area contributed by atoms with Crippen molar-refractivity contribution in [1.82, 2.24) is 15.3 Å². The number of rotatable bonds is 5. The first-order valence-electron chi connectivity index (χ1n) is 9.15. The van der Waals surface area contributed by atoms with E-state index in [2.05, 4.69) is 51.4 Å². The molecule has 1 aromatic carbocycles. The molecular weight excluding hydrogens is 312 g/mol. The lowest BCUT2D eigenvalue weighted by Gasteiger charge is -2.26. The van der Waals surface area contributed by atoms with E-state index < -0.39 is 0 Å². The highest BCUT2D eigenvalue weighted by Crippen LogP contribution is 2.17. The summed E-state index contributed by atoms with van der Waals surface area (Å²) in [6, 6.07) is 9.97. The van der Waals surface area contributed by atoms with Gasteiger partial charge in [-0.25, -0.2) is 9.97 Å². The summed E-state index contributed by atoms with van der Waals surface area (Å²) in [5, 5.41) is 3.03. The maximum Gasteiger partial charge on any atom is 0.270 e. The van der Waals surface area contributed by atoms with Crippen LogP contribution >= 0.6 is 0 Å². The van der Waals surface area contributed by atoms with Crippen LogP contribution in [0.25, 0.3) is 0 Å². The first-order valence-corrected chi connectivity index (χ1v) is 9.15. The quantitative estimate of drug-likeness (QED) is 0.906. The van der Waals surface area contributed by atoms with Crippen LogP contribution in [-0.2, 0) is 6.42 Å². The molecule has 1 aromatic heterocycles. The summed E-state index contributed by atoms with van der Waals surface area (Å²) in [5.41, 5.74) is 2.81. The zero-order valence-corrected chi connectivity index (χ0v) is 15.0. The first-order chi connectivity index (χ1) is 12.2. The van der Waals surface area contributed by atoms with Gasteiger partial charge in [0.1, 0.15) is 5.69 Å². The fraction of sp³-hybridized carbons (Fsp3) is 0.450. The van der Waals surface area contributed by atoms with Crippen LogP contribution in [0.1, 0.15) is 60.8 Å². The van der Waals surface area contributed by atoms with Gasteiger partial charge in [-0.15, -0.1) is 0 Å². The average molecular weight is 338 g/mol. The number of hydrogen-bond donors (Lipinski definition) is 1. The molecule has 0 radical (unpaired) electrons. The molecule has 5 nitrogen and oxygen atoms in total. The van der Waals surface area contributed by atoms with E-state index >= 15 is 0 Å². The lowest BCUT2D eigenvalue weighted by molar-refractivity contribution is 0.0934. The molecule has 1 aliphatic heterocycles. The van der Waals surface area contributed by atoms with Crippen LogP contribution in [0.5, 0.6) is 0 Å². The van der Waals surface area contributed by atoms with E-state index in [0.717, 1.165) is 37.9 Å². The second-order valence-corrected chi connectivity index (χ2v) is 6.58. The van der Waals surface area contributed by atoms with Gasteiger partial charge in [0, 0.05) is 19.3 Å². The highest BCUT2D eigenvalue weighted by molar-refractivity contribution is 5.92. The van der Waals surface area contributed by atoms with Gasteiger partial charge in [0.2, 0.25) is 5.95 Å². The second kappa shape index (κ2) is 8.10. The molecule has 5 heteroatoms. The van der Waals surface area contributed by atoms with Gasteiger partial charge in [-0.05, 0) is 49.8 Å². The number of nitrogens with zero attached hydrogens (tertiary/aromatic N) is 3. The van der Waals surface area contributed by atoms with Gasteiger partial charge in [0.25, 0.3) is 5.91 Å². The summed E-state index contributed by atoms with van der Waals surface area (Å²) in [4.78, 5) is 23.5. The highest BCUT2D eigenvalue weighted by Gasteiger charge is 2.17. The molecule has 2 heterocycles. The maximum atomic E-state index is 12.6. The van der Waals surface area contributed by atoms with Gasteiger partial charge in [0.15, 0.2) is 0 Å². The number of carbonyl (C=O) groups is 1. The van der Waals surface area contributed by atoms with Crippen molar-refractivity contribution in [2.24, 2.45) is 0 Å². The Labute approximate surface area is 149 Å². The van der Waals surface area contributed by atoms with Gasteiger partial charge in [0.05, 0.1) is 6.04 Å². The molecule has 25 heavy (non-hydrogen) atoms. The molecule has 1 atom stereocenters. The van der Waals surface area contributed by atoms with Crippen molar-refractivity contribution in [3.8, 4) is 0 Å². The molecule has 3 rings (SSSR count). The molecule has 1 saturated heterocycles. The zero-order valence-electron chi connectivity index (χ0n) is 15.0. The minimum Gasteiger partial charge on any atom is -0.344 e. The summed E-state index contributed by atoms with van der Waals surface area (Å²) in [5.74, 6) is 0.500. The molecule has 2 aromatic rings. The molecule has 0 aliphatic carbocycles. The van der Waals surface area contributed by atoms with E-state index in [-0.39, 0.29) is 11.9 Å². The number of benzene rings is 1. The fourth-order valence-corrected chi connectivity index (χ4v) is 3.12. The Bertz CT molecular complexity index is 708. The first kappa shape index (κ1) is 17.4. The molecule has 1 unspecified atom stereocenters. The molecule has 0 saturated carbocycles. The minimum atomic E-state index is -0.160. The number of nitrogens with one attached hydrogen (secondary N) is 1. The Morgan fingerprint density at radius 1 is 1.16 bits per heavy atom. The fourth-order valence-electron chi connectivity index (χ4n) is 3.12. The molecule has 132 valence electrons. The van der Waals surface area contributed by atoms with Gasteiger partial charge < -0.3 is 10.2 Å². The maximum absolute atomic E-state index is 12.6. The number of aromatic nitrogens is 2. The van der Waals surface area contributed by atoms with E-state index in [1.54, 1.807) is 12.3 Å². The molecule has 1 aliphatic rings. The second-order valence-electron chi connectivity index (χ2n) is 6.58. The van der Waals surface area contributed by atoms with Crippen LogP contribution in [-0.4, -0.2) is 29.0 Å². The van der Waals surface area contributed by atoms with Crippen molar-refractivity contribution < 1.29 is 4.79 Å². The van der Waals surface area contributed by atoms with E-state index in [1.807, 2.05) is 6.92 Å². The number of hydrogen-bond acceptors (Lipinski definition) is 4. The van der Waals surface area contributed by atoms with Crippen LogP contribution in [0.15, 0.2) is 36.5 Å². The number of aryl methyl sites for hydroxylation is 1. The Kier molecular flexibility index (Phi) is 5.64. The monoisotopic (exact) mass is 338 g/mol. The highest BCUT2D eigenvalue weighted by atomic mass is 16.1. The van der Waals surface area contributed by atoms with Crippen molar-refractivity contribution >= 4 is 11.9 Å². The van der Waals surface area contributed by atoms with Crippen molar-refractivity contribution in [3.05, 3.63) is 53.3 Å². The van der Waals surface area contributed by atoms with Crippen molar-refractivity contribution in [3.63, 3.8) is 0 Å². The predicted octanol–water partition coefficient (Wildman–Crippen LogP) is 3.52. The summed E-state index contributed by atoms with van der Waals surface area (Å²) in [7, 11) is 0. The molecule has 1 fully saturated rings. The van der Waals surface area contributed by atoms with E-state index in [9.17, 15) is 4.79 Å². The van der Waals surface area contributed by atoms with Crippen molar-refractivity contribution in [2.75, 3.05) is 18.0 Å². The molecule has 0 spiro atoms. The average Bonchev–Trinajstić information content (AvgIpc) is 2.68. The van der Waals surface area contributed by atoms with Gasteiger partial charge >= 0.3 is 0 Å². The van der Waals surface area contributed by atoms with E-state index in [0.29, 0.717) is 11.6 Å². The van der Waals surface area contributed by atoms with Crippen molar-refractivity contribution in [1.29, 1.82) is 0 Å². The number of carbonyl (C=O) groups excluding carboxylic acids is 1. The Morgan fingerprint density at radius 2 is 1.88 bits per heavy atom. The Balaban J connectivity index is 1.67. The Morgan fingerprint density at radius 3 is 2.56 bits per heavy atom. The third kappa shape index (κ3) is 4.35. The van der Waals surface area contributed by atoms with Crippen LogP contribution < -0.4 is 10.2 Å². The lowest BCUT2D eigenvalue weighted by atomic mass is 10.0. The van der Waals surface area contributed by atoms with Crippen molar-refractivity contribution in [2.45, 2.75) is 45.6 Å². The third-order valence-corrected chi connectivity index (χ3v) is 4.75. The van der Waals surface area contributed by atoms with Crippen LogP contribution in [0.3, 0.4) is 0 Å². The standard InChI is InChI=1S/C20H26N4O/c1-3-16-7-9-17(10-8-16)15(2)22-19(25)18-11-12-21-20(23-18)24-13-5-4-6-14-24/h7-12,15H,3-6,13-14H2,1-2H3,(H,22,25). The smallest absolute Gasteiger partial charge is 0.270 e. The normalized spacial score (nSPS) is 15.7. The molecular formula is C20H26N4O. The van der Waals surface area contributed by atoms with Gasteiger partial charge in [-0.1, -0.05) is 31.2 Å². The third-order valence-electron chi connectivity index (χ3n) is 4.75. The van der Waals surface area contributed by atoms with Crippen LogP contribution in [0.2, 0.25) is 0 Å². The largest absolute Gasteiger partial charge is 0.344 e. The SMILES string of the molecule is CCc1ccc(C(C)NC(=O)c2ccnc(N3CCCCC3)n2)cc1. The lowest BCUT2D eigenvalue weighted by Crippen LogP contribution is -2.32. The summed E-state index contributed by atoms with van der Waals surface area (Å²) in [6.45, 7) is 6.05. The van der Waals surface area contributed by atoms with E-state index in [4.69, 9.17) is 0 Å². The summed E-state index contributed by atoms with van der Waals surface area (Å²) in [6.07, 6.45) is 6.26. The minimum absolute atomic E-state index is 0.0631. The summed E-state index contributed by atoms with van der Waals surface area (Å²) < 4.78 is 0. The van der Waals surface area contributed by atoms with Gasteiger partial charge in [-0.3, -0.25) is 4.79 Å². The molecule has 0 bridgehead atoms. The van der Waals surface area contributed by atoms with Gasteiger partial charge in [-0.2, -0.15) is 0 Å². The number of amides is 1. The van der Waals surface area contributed by atoms with E-state index in [1.165, 1.54) is 12.0 Å². The zero-order chi connectivity index (χ0) is 17.6.